The Balaban J connectivity index is 1.41. The number of likely N-dealkylation sites (N-methyl/N-ethyl adjacent to an activating group) is 8. The topological polar surface area (TPSA) is 270 Å². The number of hydrogen-bond acceptors (Lipinski definition) is 12. The summed E-state index contributed by atoms with van der Waals surface area (Å²) in [6.45, 7) is 5.75. The van der Waals surface area contributed by atoms with Crippen LogP contribution in [-0.2, 0) is 57.5 Å². The van der Waals surface area contributed by atoms with Crippen LogP contribution in [-0.4, -0.2) is 264 Å². The number of nitrogens with zero attached hydrogens (tertiary/aromatic N) is 9. The highest BCUT2D eigenvalue weighted by Crippen LogP contribution is 2.44. The quantitative estimate of drug-likeness (QED) is 0.215. The van der Waals surface area contributed by atoms with Crippen LogP contribution in [0.1, 0.15) is 188 Å². The Bertz CT molecular complexity index is 2830. The van der Waals surface area contributed by atoms with Crippen LogP contribution in [0.15, 0.2) is 0 Å². The number of nitrogens with one attached hydrogen (secondary N) is 3. The van der Waals surface area contributed by atoms with Crippen molar-refractivity contribution in [2.45, 2.75) is 248 Å². The zero-order chi connectivity index (χ0) is 72.8. The number of amides is 12. The molecule has 6 rings (SSSR count). The summed E-state index contributed by atoms with van der Waals surface area (Å²) in [5.74, 6) is -10.8. The van der Waals surface area contributed by atoms with E-state index in [-0.39, 0.29) is 88.5 Å². The molecule has 4 aliphatic carbocycles. The summed E-state index contributed by atoms with van der Waals surface area (Å²) in [5, 5.41) is 7.58. The van der Waals surface area contributed by atoms with Gasteiger partial charge in [-0.1, -0.05) is 98.3 Å². The zero-order valence-corrected chi connectivity index (χ0v) is 61.3. The molecular formula is C70H114ClF3N12O12. The van der Waals surface area contributed by atoms with E-state index in [0.29, 0.717) is 38.5 Å². The van der Waals surface area contributed by atoms with Gasteiger partial charge in [-0.3, -0.25) is 57.5 Å². The molecule has 3 unspecified atom stereocenters. The van der Waals surface area contributed by atoms with E-state index in [4.69, 9.17) is 11.6 Å². The molecular weight excluding hydrogens is 1290 g/mol. The number of hydrogen-bond donors (Lipinski definition) is 3. The van der Waals surface area contributed by atoms with E-state index in [1.165, 1.54) is 92.8 Å². The number of halogens is 4. The van der Waals surface area contributed by atoms with E-state index in [1.807, 2.05) is 20.8 Å². The summed E-state index contributed by atoms with van der Waals surface area (Å²) in [5.41, 5.74) is -1.55. The fourth-order valence-electron chi connectivity index (χ4n) is 15.8. The van der Waals surface area contributed by atoms with Gasteiger partial charge in [-0.15, -0.1) is 11.6 Å². The zero-order valence-electron chi connectivity index (χ0n) is 60.5. The monoisotopic (exact) mass is 1410 g/mol. The largest absolute Gasteiger partial charge is 0.393 e. The van der Waals surface area contributed by atoms with Gasteiger partial charge < -0.3 is 60.0 Å². The van der Waals surface area contributed by atoms with Crippen LogP contribution < -0.4 is 16.0 Å². The Morgan fingerprint density at radius 3 is 1.79 bits per heavy atom. The Morgan fingerprint density at radius 2 is 1.20 bits per heavy atom. The molecule has 24 nitrogen and oxygen atoms in total. The fraction of sp³-hybridized carbons (Fsp3) is 0.829. The first-order valence-corrected chi connectivity index (χ1v) is 36.4. The van der Waals surface area contributed by atoms with Crippen molar-refractivity contribution in [3.05, 3.63) is 0 Å². The molecule has 28 heteroatoms. The Morgan fingerprint density at radius 1 is 0.612 bits per heavy atom. The first-order valence-electron chi connectivity index (χ1n) is 36.0. The molecule has 0 bridgehead atoms. The molecule has 11 atom stereocenters. The van der Waals surface area contributed by atoms with Crippen molar-refractivity contribution in [3.63, 3.8) is 0 Å². The minimum atomic E-state index is -4.51. The smallest absolute Gasteiger partial charge is 0.347 e. The van der Waals surface area contributed by atoms with Gasteiger partial charge in [0, 0.05) is 75.4 Å². The van der Waals surface area contributed by atoms with Gasteiger partial charge in [0.05, 0.1) is 32.0 Å². The van der Waals surface area contributed by atoms with Crippen molar-refractivity contribution in [1.82, 2.24) is 60.0 Å². The lowest BCUT2D eigenvalue weighted by molar-refractivity contribution is -0.182. The van der Waals surface area contributed by atoms with Crippen LogP contribution in [0.3, 0.4) is 0 Å². The third-order valence-corrected chi connectivity index (χ3v) is 22.7. The Labute approximate surface area is 583 Å². The van der Waals surface area contributed by atoms with Gasteiger partial charge in [-0.2, -0.15) is 13.2 Å². The van der Waals surface area contributed by atoms with Gasteiger partial charge >= 0.3 is 6.18 Å². The number of alkyl halides is 4. The van der Waals surface area contributed by atoms with Crippen molar-refractivity contribution < 1.29 is 70.7 Å². The predicted molar refractivity (Wildman–Crippen MR) is 363 cm³/mol. The minimum Gasteiger partial charge on any atom is -0.347 e. The molecule has 6 aliphatic rings. The molecule has 0 aromatic rings. The predicted octanol–water partition coefficient (Wildman–Crippen LogP) is 5.56. The van der Waals surface area contributed by atoms with Crippen molar-refractivity contribution in [2.24, 2.45) is 35.5 Å². The van der Waals surface area contributed by atoms with Gasteiger partial charge in [0.2, 0.25) is 70.9 Å². The van der Waals surface area contributed by atoms with Crippen molar-refractivity contribution in [3.8, 4) is 0 Å². The molecule has 2 saturated heterocycles. The lowest BCUT2D eigenvalue weighted by atomic mass is 9.78. The molecule has 6 fully saturated rings. The summed E-state index contributed by atoms with van der Waals surface area (Å²) in [7, 11) is 12.9. The molecule has 0 aromatic heterocycles. The Hall–Kier alpha value is -6.28. The third kappa shape index (κ3) is 20.5. The van der Waals surface area contributed by atoms with Crippen LogP contribution in [0.5, 0.6) is 0 Å². The lowest BCUT2D eigenvalue weighted by Gasteiger charge is -2.43. The van der Waals surface area contributed by atoms with Crippen LogP contribution in [0, 0.1) is 35.5 Å². The summed E-state index contributed by atoms with van der Waals surface area (Å²) in [6, 6.07) is -8.59. The molecule has 98 heavy (non-hydrogen) atoms. The van der Waals surface area contributed by atoms with Crippen LogP contribution in [0.25, 0.3) is 0 Å². The average molecular weight is 1410 g/mol. The van der Waals surface area contributed by atoms with E-state index in [0.717, 1.165) is 66.1 Å². The second-order valence-electron chi connectivity index (χ2n) is 30.1. The molecule has 12 amide bonds. The van der Waals surface area contributed by atoms with Crippen LogP contribution in [0.4, 0.5) is 13.2 Å². The van der Waals surface area contributed by atoms with E-state index in [1.54, 1.807) is 6.92 Å². The maximum Gasteiger partial charge on any atom is 0.393 e. The van der Waals surface area contributed by atoms with E-state index < -0.39 is 174 Å². The van der Waals surface area contributed by atoms with E-state index in [9.17, 15) is 51.5 Å². The van der Waals surface area contributed by atoms with Crippen molar-refractivity contribution in [2.75, 3.05) is 89.6 Å². The van der Waals surface area contributed by atoms with E-state index >= 15 is 19.2 Å². The highest BCUT2D eigenvalue weighted by molar-refractivity contribution is 6.21. The molecule has 4 saturated carbocycles. The molecule has 2 aliphatic heterocycles. The normalized spacial score (nSPS) is 29.5. The standard InChI is InChI=1S/C70H114ClF3N12O12/c1-14-44(4)59-66(96)81(9)41-57(89)79(7)42-58(90)83(11)53(38-45-24-17-15-18-25-45)65(95)80(8)40-55(87)75-50(32-30-46-29-31-48(49(71)37-46)70(72,73)74)63(93)86-35-23-28-51(86)62(92)77-69(33-21-22-34-69)68(98)85(13)60(47-26-19-16-20-27-47)67(97)84(12)54(64(94)78(5)6)39-56(88)82(10)52(36-43(2)3)61(91)76-59/h43-54,59-60H,14-42H2,1-13H3,(H,75,87)(H,76,91)(H,77,92)/t44-,46?,48?,49?,50-,51-,52-,53-,54-,59-,60-/m0/s1. The first kappa shape index (κ1) is 80.7. The maximum absolute atomic E-state index is 15.6. The molecule has 0 radical (unpaired) electrons. The first-order chi connectivity index (χ1) is 46.0. The SMILES string of the molecule is CC[C@H](C)[C@@H]1NC(=O)[C@H](CC(C)C)N(C)C(=O)C[C@@H](C(=O)N(C)C)N(C)C(=O)[C@H](C2CCCCC2)N(C)C(=O)C2(CCCC2)NC(=O)[C@@H]2CCCN2C(=O)[C@H](CCC2CCC(C(F)(F)F)C(Cl)C2)NC(=O)CN(C)C(=O)[C@H](CC2CCCCC2)N(C)C(=O)CN(C)C(=O)CN(C)C1=O. The summed E-state index contributed by atoms with van der Waals surface area (Å²) >= 11 is 6.40. The number of rotatable bonds is 11. The van der Waals surface area contributed by atoms with Crippen molar-refractivity contribution >= 4 is 82.5 Å². The Kier molecular flexibility index (Phi) is 29.5. The number of carbonyl (C=O) groups excluding carboxylic acids is 12. The van der Waals surface area contributed by atoms with Crippen molar-refractivity contribution in [1.29, 1.82) is 0 Å². The molecule has 554 valence electrons. The van der Waals surface area contributed by atoms with Gasteiger partial charge in [-0.05, 0) is 113 Å². The fourth-order valence-corrected chi connectivity index (χ4v) is 16.3. The van der Waals surface area contributed by atoms with Gasteiger partial charge in [0.15, 0.2) is 0 Å². The van der Waals surface area contributed by atoms with Crippen LogP contribution >= 0.6 is 11.6 Å². The second kappa shape index (κ2) is 35.9. The van der Waals surface area contributed by atoms with E-state index in [2.05, 4.69) is 16.0 Å². The summed E-state index contributed by atoms with van der Waals surface area (Å²) < 4.78 is 42.0. The van der Waals surface area contributed by atoms with Crippen LogP contribution in [0.2, 0.25) is 0 Å². The maximum atomic E-state index is 15.6. The third-order valence-electron chi connectivity index (χ3n) is 22.2. The minimum absolute atomic E-state index is 0.000613. The summed E-state index contributed by atoms with van der Waals surface area (Å²) in [6.07, 6.45) is 5.54. The highest BCUT2D eigenvalue weighted by Gasteiger charge is 2.52. The molecule has 0 aromatic carbocycles. The summed E-state index contributed by atoms with van der Waals surface area (Å²) in [4.78, 5) is 189. The van der Waals surface area contributed by atoms with Gasteiger partial charge in [0.1, 0.15) is 47.8 Å². The molecule has 2 heterocycles. The number of carbonyl (C=O) groups is 12. The lowest BCUT2D eigenvalue weighted by Crippen LogP contribution is -2.65. The van der Waals surface area contributed by atoms with Gasteiger partial charge in [0.25, 0.3) is 0 Å². The highest BCUT2D eigenvalue weighted by atomic mass is 35.5. The molecule has 3 N–H and O–H groups in total. The number of fused-ring (bicyclic) bond motifs is 1. The molecule has 1 spiro atoms. The van der Waals surface area contributed by atoms with Gasteiger partial charge in [-0.25, -0.2) is 0 Å². The second-order valence-corrected chi connectivity index (χ2v) is 30.7. The average Bonchev–Trinajstić information content (AvgIpc) is 1.85.